The normalized spacial score (nSPS) is 11.9. The van der Waals surface area contributed by atoms with E-state index in [0.29, 0.717) is 11.4 Å². The molecule has 1 unspecified atom stereocenters. The molecular formula is C17H13FN4O. The van der Waals surface area contributed by atoms with Gasteiger partial charge in [-0.1, -0.05) is 18.2 Å². The van der Waals surface area contributed by atoms with Gasteiger partial charge in [0, 0.05) is 11.8 Å². The van der Waals surface area contributed by atoms with E-state index in [4.69, 9.17) is 0 Å². The molecule has 0 spiro atoms. The highest BCUT2D eigenvalue weighted by Gasteiger charge is 2.26. The molecule has 0 saturated carbocycles. The number of pyridine rings is 1. The van der Waals surface area contributed by atoms with E-state index < -0.39 is 12.1 Å². The first kappa shape index (κ1) is 14.9. The topological polar surface area (TPSA) is 74.7 Å². The molecule has 23 heavy (non-hydrogen) atoms. The number of aliphatic hydroxyl groups is 1. The summed E-state index contributed by atoms with van der Waals surface area (Å²) in [4.78, 5) is 3.55. The zero-order valence-corrected chi connectivity index (χ0v) is 12.3. The molecule has 0 aliphatic rings. The summed E-state index contributed by atoms with van der Waals surface area (Å²) in [5.74, 6) is -0.776. The molecule has 0 bridgehead atoms. The van der Waals surface area contributed by atoms with Gasteiger partial charge in [0.2, 0.25) is 5.95 Å². The molecule has 6 heteroatoms. The van der Waals surface area contributed by atoms with E-state index in [-0.39, 0.29) is 16.8 Å². The first-order chi connectivity index (χ1) is 11.1. The molecule has 0 radical (unpaired) electrons. The molecule has 1 atom stereocenters. The van der Waals surface area contributed by atoms with Crippen molar-refractivity contribution in [3.63, 3.8) is 0 Å². The van der Waals surface area contributed by atoms with Gasteiger partial charge >= 0.3 is 0 Å². The van der Waals surface area contributed by atoms with E-state index >= 15 is 0 Å². The lowest BCUT2D eigenvalue weighted by Crippen LogP contribution is -2.12. The molecule has 0 saturated heterocycles. The maximum Gasteiger partial charge on any atom is 0.219 e. The monoisotopic (exact) mass is 308 g/mol. The van der Waals surface area contributed by atoms with Crippen LogP contribution in [0.5, 0.6) is 0 Å². The Morgan fingerprint density at radius 1 is 1.22 bits per heavy atom. The van der Waals surface area contributed by atoms with Crippen molar-refractivity contribution in [2.24, 2.45) is 0 Å². The average Bonchev–Trinajstić information content (AvgIpc) is 2.92. The van der Waals surface area contributed by atoms with Crippen LogP contribution in [0.3, 0.4) is 0 Å². The van der Waals surface area contributed by atoms with Crippen molar-refractivity contribution in [1.82, 2.24) is 14.8 Å². The van der Waals surface area contributed by atoms with Gasteiger partial charge in [0.05, 0.1) is 22.6 Å². The Morgan fingerprint density at radius 2 is 1.96 bits per heavy atom. The standard InChI is InChI=1S/C17H13FN4O/c1-11-14(10-19)15(16(23)13-8-5-9-20-17(13)18)22(21-11)12-6-3-2-4-7-12/h2-9,16,23H,1H3. The minimum absolute atomic E-state index is 0.00100. The number of aliphatic hydroxyl groups excluding tert-OH is 1. The molecular weight excluding hydrogens is 295 g/mol. The number of nitrogens with zero attached hydrogens (tertiary/aromatic N) is 4. The first-order valence-electron chi connectivity index (χ1n) is 6.97. The minimum atomic E-state index is -1.35. The van der Waals surface area contributed by atoms with Crippen molar-refractivity contribution in [3.05, 3.63) is 77.1 Å². The van der Waals surface area contributed by atoms with Crippen LogP contribution in [0, 0.1) is 24.2 Å². The van der Waals surface area contributed by atoms with Crippen LogP contribution in [0.1, 0.15) is 28.6 Å². The number of nitriles is 1. The SMILES string of the molecule is Cc1nn(-c2ccccc2)c(C(O)c2cccnc2F)c1C#N. The molecule has 0 fully saturated rings. The number of aromatic nitrogens is 3. The minimum Gasteiger partial charge on any atom is -0.382 e. The van der Waals surface area contributed by atoms with Crippen molar-refractivity contribution in [3.8, 4) is 11.8 Å². The van der Waals surface area contributed by atoms with Gasteiger partial charge in [-0.2, -0.15) is 14.8 Å². The number of hydrogen-bond donors (Lipinski definition) is 1. The molecule has 5 nitrogen and oxygen atoms in total. The fraction of sp³-hybridized carbons (Fsp3) is 0.118. The Kier molecular flexibility index (Phi) is 3.87. The Bertz CT molecular complexity index is 883. The van der Waals surface area contributed by atoms with E-state index in [1.807, 2.05) is 24.3 Å². The van der Waals surface area contributed by atoms with Gasteiger partial charge in [-0.3, -0.25) is 0 Å². The third kappa shape index (κ3) is 2.58. The fourth-order valence-corrected chi connectivity index (χ4v) is 2.45. The van der Waals surface area contributed by atoms with Crippen LogP contribution in [0.15, 0.2) is 48.7 Å². The van der Waals surface area contributed by atoms with Gasteiger partial charge in [-0.25, -0.2) is 9.67 Å². The van der Waals surface area contributed by atoms with E-state index in [0.717, 1.165) is 0 Å². The highest BCUT2D eigenvalue weighted by Crippen LogP contribution is 2.29. The van der Waals surface area contributed by atoms with Crippen LogP contribution in [0.25, 0.3) is 5.69 Å². The molecule has 3 aromatic rings. The third-order valence-electron chi connectivity index (χ3n) is 3.55. The summed E-state index contributed by atoms with van der Waals surface area (Å²) in [5.41, 5.74) is 1.60. The van der Waals surface area contributed by atoms with E-state index in [2.05, 4.69) is 10.1 Å². The molecule has 0 aliphatic heterocycles. The van der Waals surface area contributed by atoms with Crippen LogP contribution in [0.4, 0.5) is 4.39 Å². The Labute approximate surface area is 132 Å². The van der Waals surface area contributed by atoms with Gasteiger partial charge < -0.3 is 5.11 Å². The predicted molar refractivity (Wildman–Crippen MR) is 81.3 cm³/mol. The fourth-order valence-electron chi connectivity index (χ4n) is 2.45. The number of halogens is 1. The summed E-state index contributed by atoms with van der Waals surface area (Å²) in [6.45, 7) is 1.67. The Hall–Kier alpha value is -3.04. The van der Waals surface area contributed by atoms with Crippen molar-refractivity contribution in [2.75, 3.05) is 0 Å². The summed E-state index contributed by atoms with van der Waals surface area (Å²) < 4.78 is 15.4. The molecule has 0 aliphatic carbocycles. The second-order valence-corrected chi connectivity index (χ2v) is 4.99. The number of aryl methyl sites for hydroxylation is 1. The number of para-hydroxylation sites is 1. The van der Waals surface area contributed by atoms with Gasteiger partial charge in [0.25, 0.3) is 0 Å². The highest BCUT2D eigenvalue weighted by atomic mass is 19.1. The van der Waals surface area contributed by atoms with Gasteiger partial charge in [0.15, 0.2) is 0 Å². The van der Waals surface area contributed by atoms with Crippen LogP contribution in [-0.2, 0) is 0 Å². The van der Waals surface area contributed by atoms with E-state index in [1.165, 1.54) is 23.0 Å². The zero-order valence-electron chi connectivity index (χ0n) is 12.3. The highest BCUT2D eigenvalue weighted by molar-refractivity contribution is 5.46. The van der Waals surface area contributed by atoms with Crippen LogP contribution < -0.4 is 0 Å². The molecule has 2 heterocycles. The molecule has 0 amide bonds. The lowest BCUT2D eigenvalue weighted by Gasteiger charge is -2.14. The van der Waals surface area contributed by atoms with Crippen molar-refractivity contribution in [1.29, 1.82) is 5.26 Å². The molecule has 114 valence electrons. The molecule has 1 N–H and O–H groups in total. The van der Waals surface area contributed by atoms with E-state index in [9.17, 15) is 14.8 Å². The molecule has 1 aromatic carbocycles. The predicted octanol–water partition coefficient (Wildman–Crippen LogP) is 2.67. The summed E-state index contributed by atoms with van der Waals surface area (Å²) in [7, 11) is 0. The van der Waals surface area contributed by atoms with Crippen molar-refractivity contribution < 1.29 is 9.50 Å². The number of rotatable bonds is 3. The summed E-state index contributed by atoms with van der Waals surface area (Å²) in [6.07, 6.45) is -0.0454. The smallest absolute Gasteiger partial charge is 0.219 e. The van der Waals surface area contributed by atoms with Gasteiger partial charge in [0.1, 0.15) is 12.2 Å². The summed E-state index contributed by atoms with van der Waals surface area (Å²) >= 11 is 0. The summed E-state index contributed by atoms with van der Waals surface area (Å²) in [5, 5.41) is 24.4. The molecule has 3 rings (SSSR count). The number of benzene rings is 1. The first-order valence-corrected chi connectivity index (χ1v) is 6.97. The Balaban J connectivity index is 2.22. The van der Waals surface area contributed by atoms with Gasteiger partial charge in [-0.05, 0) is 31.2 Å². The van der Waals surface area contributed by atoms with Crippen LogP contribution >= 0.6 is 0 Å². The average molecular weight is 308 g/mol. The van der Waals surface area contributed by atoms with E-state index in [1.54, 1.807) is 19.1 Å². The maximum absolute atomic E-state index is 13.9. The van der Waals surface area contributed by atoms with Crippen molar-refractivity contribution in [2.45, 2.75) is 13.0 Å². The largest absolute Gasteiger partial charge is 0.382 e. The van der Waals surface area contributed by atoms with Crippen molar-refractivity contribution >= 4 is 0 Å². The third-order valence-corrected chi connectivity index (χ3v) is 3.55. The maximum atomic E-state index is 13.9. The Morgan fingerprint density at radius 3 is 2.61 bits per heavy atom. The molecule has 2 aromatic heterocycles. The second-order valence-electron chi connectivity index (χ2n) is 4.99. The lowest BCUT2D eigenvalue weighted by atomic mass is 10.0. The quantitative estimate of drug-likeness (QED) is 0.755. The van der Waals surface area contributed by atoms with Crippen LogP contribution in [-0.4, -0.2) is 19.9 Å². The second kappa shape index (κ2) is 5.99. The van der Waals surface area contributed by atoms with Crippen LogP contribution in [0.2, 0.25) is 0 Å². The zero-order chi connectivity index (χ0) is 16.4. The number of hydrogen-bond acceptors (Lipinski definition) is 4. The summed E-state index contributed by atoms with van der Waals surface area (Å²) in [6, 6.07) is 14.1. The lowest BCUT2D eigenvalue weighted by molar-refractivity contribution is 0.205. The van der Waals surface area contributed by atoms with Gasteiger partial charge in [-0.15, -0.1) is 0 Å².